The number of carbonyl (C=O) groups is 1. The highest BCUT2D eigenvalue weighted by Gasteiger charge is 2.18. The Morgan fingerprint density at radius 1 is 1.29 bits per heavy atom. The average Bonchev–Trinajstić information content (AvgIpc) is 3.11. The van der Waals surface area contributed by atoms with Crippen molar-refractivity contribution in [3.8, 4) is 16.5 Å². The predicted octanol–water partition coefficient (Wildman–Crippen LogP) is 2.79. The molecule has 1 aromatic carbocycles. The Morgan fingerprint density at radius 3 is 2.71 bits per heavy atom. The minimum Gasteiger partial charge on any atom is -0.501 e. The molecule has 0 saturated carbocycles. The highest BCUT2D eigenvalue weighted by Crippen LogP contribution is 2.21. The van der Waals surface area contributed by atoms with Crippen LogP contribution in [0.15, 0.2) is 46.6 Å². The van der Waals surface area contributed by atoms with Gasteiger partial charge in [-0.3, -0.25) is 9.59 Å². The van der Waals surface area contributed by atoms with E-state index in [1.54, 1.807) is 36.4 Å². The minimum absolute atomic E-state index is 0.220. The molecule has 0 unspecified atom stereocenters. The van der Waals surface area contributed by atoms with Crippen molar-refractivity contribution >= 4 is 28.8 Å². The van der Waals surface area contributed by atoms with Crippen LogP contribution in [0.2, 0.25) is 5.02 Å². The monoisotopic (exact) mass is 361 g/mol. The van der Waals surface area contributed by atoms with Crippen LogP contribution in [0, 0.1) is 0 Å². The van der Waals surface area contributed by atoms with Gasteiger partial charge in [-0.25, -0.2) is 4.98 Å². The molecule has 2 heterocycles. The largest absolute Gasteiger partial charge is 0.501 e. The van der Waals surface area contributed by atoms with Crippen LogP contribution in [0.4, 0.5) is 0 Å². The Morgan fingerprint density at radius 2 is 2.04 bits per heavy atom. The number of benzene rings is 1. The van der Waals surface area contributed by atoms with E-state index in [1.165, 1.54) is 11.3 Å². The fourth-order valence-corrected chi connectivity index (χ4v) is 2.82. The first-order valence-corrected chi connectivity index (χ1v) is 8.20. The van der Waals surface area contributed by atoms with E-state index in [0.29, 0.717) is 9.90 Å². The molecule has 24 heavy (non-hydrogen) atoms. The van der Waals surface area contributed by atoms with Crippen molar-refractivity contribution in [1.82, 2.24) is 15.3 Å². The lowest BCUT2D eigenvalue weighted by Crippen LogP contribution is -2.26. The van der Waals surface area contributed by atoms with Crippen LogP contribution in [0.1, 0.15) is 16.1 Å². The SMILES string of the molecule is O=C(NCc1ccc(Cl)cc1)c1nc(-c2cccs2)[nH]c(=O)c1O. The molecular weight excluding hydrogens is 350 g/mol. The molecule has 2 aromatic heterocycles. The Bertz CT molecular complexity index is 921. The summed E-state index contributed by atoms with van der Waals surface area (Å²) in [7, 11) is 0. The predicted molar refractivity (Wildman–Crippen MR) is 92.5 cm³/mol. The number of thiophene rings is 1. The molecule has 3 N–H and O–H groups in total. The number of H-pyrrole nitrogens is 1. The quantitative estimate of drug-likeness (QED) is 0.666. The number of amides is 1. The van der Waals surface area contributed by atoms with E-state index in [4.69, 9.17) is 11.6 Å². The summed E-state index contributed by atoms with van der Waals surface area (Å²) in [6, 6.07) is 10.5. The van der Waals surface area contributed by atoms with Gasteiger partial charge in [0.1, 0.15) is 0 Å². The van der Waals surface area contributed by atoms with E-state index >= 15 is 0 Å². The van der Waals surface area contributed by atoms with Crippen molar-refractivity contribution in [2.75, 3.05) is 0 Å². The number of aromatic hydroxyl groups is 1. The summed E-state index contributed by atoms with van der Waals surface area (Å²) in [5.74, 6) is -1.10. The summed E-state index contributed by atoms with van der Waals surface area (Å²) < 4.78 is 0. The smallest absolute Gasteiger partial charge is 0.294 e. The molecule has 0 fully saturated rings. The Hall–Kier alpha value is -2.64. The summed E-state index contributed by atoms with van der Waals surface area (Å²) in [6.07, 6.45) is 0. The third-order valence-electron chi connectivity index (χ3n) is 3.23. The topological polar surface area (TPSA) is 95.1 Å². The first kappa shape index (κ1) is 16.2. The molecule has 0 atom stereocenters. The summed E-state index contributed by atoms with van der Waals surface area (Å²) in [5.41, 5.74) is -0.239. The first-order valence-electron chi connectivity index (χ1n) is 6.94. The first-order chi connectivity index (χ1) is 11.5. The van der Waals surface area contributed by atoms with Crippen molar-refractivity contribution < 1.29 is 9.90 Å². The molecule has 6 nitrogen and oxygen atoms in total. The van der Waals surface area contributed by atoms with E-state index in [2.05, 4.69) is 15.3 Å². The molecule has 0 spiro atoms. The Balaban J connectivity index is 1.83. The van der Waals surface area contributed by atoms with Gasteiger partial charge in [-0.05, 0) is 29.1 Å². The zero-order valence-corrected chi connectivity index (χ0v) is 13.8. The maximum absolute atomic E-state index is 12.3. The second kappa shape index (κ2) is 6.86. The number of hydrogen-bond acceptors (Lipinski definition) is 5. The normalized spacial score (nSPS) is 10.5. The third-order valence-corrected chi connectivity index (χ3v) is 4.36. The van der Waals surface area contributed by atoms with Crippen molar-refractivity contribution in [3.63, 3.8) is 0 Å². The molecular formula is C16H12ClN3O3S. The molecule has 0 aliphatic carbocycles. The standard InChI is InChI=1S/C16H12ClN3O3S/c17-10-5-3-9(4-6-10)8-18-15(22)12-13(21)16(23)20-14(19-12)11-2-1-7-24-11/h1-7,21H,8H2,(H,18,22)(H,19,20,23). The van der Waals surface area contributed by atoms with Crippen LogP contribution in [0.3, 0.4) is 0 Å². The van der Waals surface area contributed by atoms with Crippen LogP contribution < -0.4 is 10.9 Å². The van der Waals surface area contributed by atoms with Gasteiger partial charge in [0.05, 0.1) is 4.88 Å². The number of nitrogens with zero attached hydrogens (tertiary/aromatic N) is 1. The molecule has 122 valence electrons. The van der Waals surface area contributed by atoms with Gasteiger partial charge in [-0.15, -0.1) is 11.3 Å². The molecule has 0 aliphatic heterocycles. The van der Waals surface area contributed by atoms with Gasteiger partial charge in [0.25, 0.3) is 11.5 Å². The van der Waals surface area contributed by atoms with Crippen LogP contribution in [0.5, 0.6) is 5.75 Å². The van der Waals surface area contributed by atoms with Crippen LogP contribution in [-0.2, 0) is 6.54 Å². The molecule has 3 rings (SSSR count). The van der Waals surface area contributed by atoms with Crippen LogP contribution >= 0.6 is 22.9 Å². The lowest BCUT2D eigenvalue weighted by molar-refractivity contribution is 0.0942. The number of nitrogens with one attached hydrogen (secondary N) is 2. The van der Waals surface area contributed by atoms with E-state index in [1.807, 2.05) is 5.38 Å². The van der Waals surface area contributed by atoms with Crippen LogP contribution in [0.25, 0.3) is 10.7 Å². The van der Waals surface area contributed by atoms with Gasteiger partial charge in [0, 0.05) is 11.6 Å². The zero-order valence-electron chi connectivity index (χ0n) is 12.2. The molecule has 8 heteroatoms. The van der Waals surface area contributed by atoms with Gasteiger partial charge in [0.15, 0.2) is 11.5 Å². The van der Waals surface area contributed by atoms with E-state index in [0.717, 1.165) is 5.56 Å². The second-order valence-electron chi connectivity index (χ2n) is 4.90. The fraction of sp³-hybridized carbons (Fsp3) is 0.0625. The highest BCUT2D eigenvalue weighted by molar-refractivity contribution is 7.13. The molecule has 0 aliphatic rings. The van der Waals surface area contributed by atoms with E-state index < -0.39 is 17.2 Å². The molecule has 0 radical (unpaired) electrons. The maximum Gasteiger partial charge on any atom is 0.294 e. The average molecular weight is 362 g/mol. The van der Waals surface area contributed by atoms with Crippen molar-refractivity contribution in [2.45, 2.75) is 6.54 Å². The number of carbonyl (C=O) groups excluding carboxylic acids is 1. The molecule has 1 amide bonds. The molecule has 0 saturated heterocycles. The van der Waals surface area contributed by atoms with Gasteiger partial charge in [0.2, 0.25) is 5.75 Å². The fourth-order valence-electron chi connectivity index (χ4n) is 2.02. The Labute approximate surface area is 145 Å². The van der Waals surface area contributed by atoms with Crippen molar-refractivity contribution in [2.24, 2.45) is 0 Å². The van der Waals surface area contributed by atoms with Gasteiger partial charge in [-0.2, -0.15) is 0 Å². The maximum atomic E-state index is 12.3. The Kier molecular flexibility index (Phi) is 4.64. The lowest BCUT2D eigenvalue weighted by Gasteiger charge is -2.07. The number of hydrogen-bond donors (Lipinski definition) is 3. The van der Waals surface area contributed by atoms with E-state index in [-0.39, 0.29) is 18.1 Å². The molecule has 0 bridgehead atoms. The number of aromatic amines is 1. The van der Waals surface area contributed by atoms with Gasteiger partial charge in [-0.1, -0.05) is 29.8 Å². The highest BCUT2D eigenvalue weighted by atomic mass is 35.5. The second-order valence-corrected chi connectivity index (χ2v) is 6.28. The number of rotatable bonds is 4. The van der Waals surface area contributed by atoms with Crippen LogP contribution in [-0.4, -0.2) is 21.0 Å². The van der Waals surface area contributed by atoms with Crippen molar-refractivity contribution in [3.05, 3.63) is 68.4 Å². The number of halogens is 1. The lowest BCUT2D eigenvalue weighted by atomic mass is 10.2. The summed E-state index contributed by atoms with van der Waals surface area (Å²) >= 11 is 7.17. The zero-order chi connectivity index (χ0) is 17.1. The van der Waals surface area contributed by atoms with Gasteiger partial charge >= 0.3 is 0 Å². The van der Waals surface area contributed by atoms with E-state index in [9.17, 15) is 14.7 Å². The molecule has 3 aromatic rings. The minimum atomic E-state index is -0.759. The summed E-state index contributed by atoms with van der Waals surface area (Å²) in [4.78, 5) is 31.3. The summed E-state index contributed by atoms with van der Waals surface area (Å²) in [5, 5.41) is 14.9. The van der Waals surface area contributed by atoms with Gasteiger partial charge < -0.3 is 15.4 Å². The third kappa shape index (κ3) is 3.47. The summed E-state index contributed by atoms with van der Waals surface area (Å²) in [6.45, 7) is 0.220. The van der Waals surface area contributed by atoms with Crippen molar-refractivity contribution in [1.29, 1.82) is 0 Å². The number of aromatic nitrogens is 2.